The average Bonchev–Trinajstić information content (AvgIpc) is 3.57. The highest BCUT2D eigenvalue weighted by Gasteiger charge is 2.50. The number of nitrogens with two attached hydrogens (primary N) is 1. The summed E-state index contributed by atoms with van der Waals surface area (Å²) in [5, 5.41) is 2.44. The summed E-state index contributed by atoms with van der Waals surface area (Å²) in [5.74, 6) is -1.75. The highest BCUT2D eigenvalue weighted by atomic mass is 32.2. The van der Waals surface area contributed by atoms with Crippen LogP contribution < -0.4 is 15.6 Å². The van der Waals surface area contributed by atoms with Crippen LogP contribution in [0.3, 0.4) is 0 Å². The largest absolute Gasteiger partial charge is 0.494 e. The number of nitrogens with zero attached hydrogens (tertiary/aromatic N) is 3. The van der Waals surface area contributed by atoms with E-state index in [1.54, 1.807) is 43.6 Å². The number of ether oxygens (including phenoxy) is 2. The molecule has 1 fully saturated rings. The number of methoxy groups -OCH3 is 1. The molecule has 0 aliphatic carbocycles. The zero-order chi connectivity index (χ0) is 37.2. The molecule has 3 atom stereocenters. The van der Waals surface area contributed by atoms with Crippen molar-refractivity contribution < 1.29 is 49.8 Å². The van der Waals surface area contributed by atoms with Gasteiger partial charge >= 0.3 is 18.1 Å². The molecule has 51 heavy (non-hydrogen) atoms. The number of pyridine rings is 1. The summed E-state index contributed by atoms with van der Waals surface area (Å²) in [6, 6.07) is 11.6. The number of anilines is 1. The van der Waals surface area contributed by atoms with Crippen LogP contribution in [0.2, 0.25) is 0 Å². The minimum atomic E-state index is -5.51. The second-order valence-electron chi connectivity index (χ2n) is 11.8. The number of carbonyl (C=O) groups is 3. The number of likely N-dealkylation sites (tertiary alicyclic amines) is 1. The first-order chi connectivity index (χ1) is 24.1. The third-order valence-electron chi connectivity index (χ3n) is 8.85. The van der Waals surface area contributed by atoms with Crippen molar-refractivity contribution in [3.05, 3.63) is 95.6 Å². The molecule has 0 radical (unpaired) electrons. The minimum absolute atomic E-state index is 0.104. The van der Waals surface area contributed by atoms with Gasteiger partial charge in [0.05, 0.1) is 35.4 Å². The van der Waals surface area contributed by atoms with Gasteiger partial charge in [-0.05, 0) is 65.8 Å². The quantitative estimate of drug-likeness (QED) is 0.0741. The van der Waals surface area contributed by atoms with Gasteiger partial charge in [0.2, 0.25) is 0 Å². The second kappa shape index (κ2) is 14.6. The number of hydrazine groups is 1. The molecule has 1 aliphatic heterocycles. The molecule has 2 heterocycles. The highest BCUT2D eigenvalue weighted by molar-refractivity contribution is 7.91. The van der Waals surface area contributed by atoms with Crippen LogP contribution in [-0.2, 0) is 35.4 Å². The summed E-state index contributed by atoms with van der Waals surface area (Å²) in [6.45, 7) is 2.84. The fraction of sp³-hybridized carbons (Fsp3) is 0.314. The molecule has 0 spiro atoms. The predicted octanol–water partition coefficient (Wildman–Crippen LogP) is 5.38. The Hall–Kier alpha value is -5.09. The Morgan fingerprint density at radius 3 is 2.45 bits per heavy atom. The number of alkyl halides is 3. The molecule has 270 valence electrons. The van der Waals surface area contributed by atoms with Gasteiger partial charge in [0, 0.05) is 29.9 Å². The first-order valence-electron chi connectivity index (χ1n) is 15.8. The van der Waals surface area contributed by atoms with E-state index in [1.807, 2.05) is 0 Å². The molecule has 5 rings (SSSR count). The third kappa shape index (κ3) is 7.37. The lowest BCUT2D eigenvalue weighted by Crippen LogP contribution is -2.47. The number of aryl methyl sites for hydroxylation is 1. The maximum atomic E-state index is 16.3. The Morgan fingerprint density at radius 2 is 1.78 bits per heavy atom. The van der Waals surface area contributed by atoms with Gasteiger partial charge in [-0.1, -0.05) is 38.1 Å². The molecule has 1 aromatic heterocycles. The normalized spacial score (nSPS) is 16.9. The molecule has 3 aromatic carbocycles. The van der Waals surface area contributed by atoms with Crippen molar-refractivity contribution in [3.63, 3.8) is 0 Å². The second-order valence-corrected chi connectivity index (χ2v) is 14.0. The van der Waals surface area contributed by atoms with Crippen molar-refractivity contribution in [3.8, 4) is 5.75 Å². The molecule has 11 nitrogen and oxygen atoms in total. The van der Waals surface area contributed by atoms with E-state index in [0.717, 1.165) is 15.3 Å². The van der Waals surface area contributed by atoms with Crippen molar-refractivity contribution in [1.82, 2.24) is 9.88 Å². The summed E-state index contributed by atoms with van der Waals surface area (Å²) < 4.78 is 91.7. The van der Waals surface area contributed by atoms with Crippen molar-refractivity contribution in [2.45, 2.75) is 49.8 Å². The summed E-state index contributed by atoms with van der Waals surface area (Å²) in [6.07, 6.45) is -2.29. The van der Waals surface area contributed by atoms with E-state index in [2.05, 4.69) is 9.72 Å². The standard InChI is InChI=1S/C35H34F4N4O7S/c1-4-20-16-26(29(36)27(17-20)49-3)31(43(40)23-11-10-22-19-41-14-12-21(22)18-23)32(44)42-15-13-25(33(45)50-34(46)35(37,38)39)30(42)24-8-6-7-9-28(24)51(47,48)5-2/h6-12,14,16-19,25,30-31H,4-5,13,15,40H2,1-3H3/t25-,30-,31+/m0/s1. The number of esters is 2. The summed E-state index contributed by atoms with van der Waals surface area (Å²) in [4.78, 5) is 44.8. The lowest BCUT2D eigenvalue weighted by atomic mass is 9.92. The number of fused-ring (bicyclic) bond motifs is 1. The Labute approximate surface area is 290 Å². The first kappa shape index (κ1) is 37.2. The van der Waals surface area contributed by atoms with E-state index in [4.69, 9.17) is 10.6 Å². The van der Waals surface area contributed by atoms with Crippen LogP contribution in [0.5, 0.6) is 5.75 Å². The number of hydrogen-bond donors (Lipinski definition) is 1. The van der Waals surface area contributed by atoms with Crippen molar-refractivity contribution in [1.29, 1.82) is 0 Å². The van der Waals surface area contributed by atoms with Crippen molar-refractivity contribution >= 4 is 44.1 Å². The number of hydrogen-bond acceptors (Lipinski definition) is 10. The van der Waals surface area contributed by atoms with E-state index in [1.165, 1.54) is 50.4 Å². The molecule has 16 heteroatoms. The monoisotopic (exact) mass is 730 g/mol. The van der Waals surface area contributed by atoms with Crippen LogP contribution >= 0.6 is 0 Å². The zero-order valence-corrected chi connectivity index (χ0v) is 28.5. The molecule has 0 unspecified atom stereocenters. The molecule has 1 aliphatic rings. The maximum absolute atomic E-state index is 16.3. The van der Waals surface area contributed by atoms with E-state index >= 15 is 4.39 Å². The Bertz CT molecular complexity index is 2090. The van der Waals surface area contributed by atoms with Gasteiger partial charge in [0.25, 0.3) is 5.91 Å². The third-order valence-corrected chi connectivity index (χ3v) is 10.6. The van der Waals surface area contributed by atoms with Gasteiger partial charge in [-0.15, -0.1) is 0 Å². The topological polar surface area (TPSA) is 149 Å². The molecular formula is C35H34F4N4O7S. The van der Waals surface area contributed by atoms with Crippen LogP contribution in [0.1, 0.15) is 49.0 Å². The van der Waals surface area contributed by atoms with Crippen LogP contribution in [0.25, 0.3) is 10.8 Å². The van der Waals surface area contributed by atoms with Crippen LogP contribution in [-0.4, -0.2) is 61.7 Å². The van der Waals surface area contributed by atoms with Gasteiger partial charge in [0.15, 0.2) is 27.4 Å². The maximum Gasteiger partial charge on any atom is 0.491 e. The molecular weight excluding hydrogens is 696 g/mol. The number of halogens is 4. The van der Waals surface area contributed by atoms with Gasteiger partial charge < -0.3 is 14.4 Å². The van der Waals surface area contributed by atoms with E-state index in [-0.39, 0.29) is 40.4 Å². The first-order valence-corrected chi connectivity index (χ1v) is 17.5. The van der Waals surface area contributed by atoms with Crippen LogP contribution in [0.15, 0.2) is 78.0 Å². The molecule has 1 saturated heterocycles. The SMILES string of the molecule is CCc1cc(OC)c(F)c([C@H](C(=O)N2CC[C@H](C(=O)OC(=O)C(F)(F)F)[C@@H]2c2ccccc2S(=O)(=O)CC)N(N)c2ccc3cnccc3c2)c1. The van der Waals surface area contributed by atoms with Gasteiger partial charge in [-0.3, -0.25) is 19.6 Å². The van der Waals surface area contributed by atoms with E-state index in [9.17, 15) is 36.0 Å². The fourth-order valence-electron chi connectivity index (χ4n) is 6.23. The number of rotatable bonds is 10. The Morgan fingerprint density at radius 1 is 1.06 bits per heavy atom. The van der Waals surface area contributed by atoms with Crippen molar-refractivity contribution in [2.24, 2.45) is 11.8 Å². The molecule has 4 aromatic rings. The van der Waals surface area contributed by atoms with Gasteiger partial charge in [-0.2, -0.15) is 13.2 Å². The van der Waals surface area contributed by atoms with E-state index < -0.39 is 63.4 Å². The average molecular weight is 731 g/mol. The summed E-state index contributed by atoms with van der Waals surface area (Å²) >= 11 is 0. The lowest BCUT2D eigenvalue weighted by Gasteiger charge is -2.36. The number of carbonyl (C=O) groups excluding carboxylic acids is 3. The smallest absolute Gasteiger partial charge is 0.491 e. The van der Waals surface area contributed by atoms with Crippen molar-refractivity contribution in [2.75, 3.05) is 24.4 Å². The van der Waals surface area contributed by atoms with E-state index in [0.29, 0.717) is 17.4 Å². The Kier molecular flexibility index (Phi) is 10.7. The van der Waals surface area contributed by atoms with Crippen LogP contribution in [0, 0.1) is 11.7 Å². The lowest BCUT2D eigenvalue weighted by molar-refractivity contribution is -0.203. The number of sulfone groups is 1. The fourth-order valence-corrected chi connectivity index (χ4v) is 7.37. The Balaban J connectivity index is 1.71. The minimum Gasteiger partial charge on any atom is -0.494 e. The predicted molar refractivity (Wildman–Crippen MR) is 177 cm³/mol. The molecule has 0 saturated carbocycles. The zero-order valence-electron chi connectivity index (χ0n) is 27.7. The van der Waals surface area contributed by atoms with Gasteiger partial charge in [-0.25, -0.2) is 23.4 Å². The highest BCUT2D eigenvalue weighted by Crippen LogP contribution is 2.44. The summed E-state index contributed by atoms with van der Waals surface area (Å²) in [5.41, 5.74) is 0.500. The molecule has 2 N–H and O–H groups in total. The van der Waals surface area contributed by atoms with Gasteiger partial charge in [0.1, 0.15) is 0 Å². The summed E-state index contributed by atoms with van der Waals surface area (Å²) in [7, 11) is -2.80. The number of benzene rings is 3. The van der Waals surface area contributed by atoms with Crippen LogP contribution in [0.4, 0.5) is 23.2 Å². The molecule has 1 amide bonds. The number of aromatic nitrogens is 1. The number of amides is 1. The molecule has 0 bridgehead atoms.